The highest BCUT2D eigenvalue weighted by molar-refractivity contribution is 7.89. The molecule has 0 unspecified atom stereocenters. The van der Waals surface area contributed by atoms with E-state index in [1.807, 2.05) is 0 Å². The van der Waals surface area contributed by atoms with Crippen LogP contribution in [0.2, 0.25) is 5.02 Å². The van der Waals surface area contributed by atoms with Crippen LogP contribution in [-0.2, 0) is 10.0 Å². The molecule has 0 saturated heterocycles. The van der Waals surface area contributed by atoms with Crippen molar-refractivity contribution in [2.45, 2.75) is 11.8 Å². The molecule has 0 aliphatic carbocycles. The number of benzene rings is 3. The van der Waals surface area contributed by atoms with Gasteiger partial charge in [-0.1, -0.05) is 41.9 Å². The minimum atomic E-state index is -3.75. The number of amides is 1. The standard InChI is InChI=1S/C21H18ClN3O3S/c1-15(24-25-29(27,28)20-8-3-2-4-9-20)17-6-5-7-19(14-17)23-21(26)16-10-12-18(22)13-11-16/h2-14,25H,1H3,(H,23,26). The van der Waals surface area contributed by atoms with Crippen molar-refractivity contribution in [3.8, 4) is 0 Å². The lowest BCUT2D eigenvalue weighted by atomic mass is 10.1. The maximum Gasteiger partial charge on any atom is 0.276 e. The number of hydrogen-bond donors (Lipinski definition) is 2. The molecule has 3 aromatic rings. The molecule has 0 aliphatic rings. The number of hydrogen-bond acceptors (Lipinski definition) is 4. The highest BCUT2D eigenvalue weighted by atomic mass is 35.5. The van der Waals surface area contributed by atoms with E-state index in [0.29, 0.717) is 27.5 Å². The first kappa shape index (κ1) is 20.6. The maximum atomic E-state index is 12.3. The Morgan fingerprint density at radius 3 is 2.28 bits per heavy atom. The zero-order valence-corrected chi connectivity index (χ0v) is 17.0. The molecule has 6 nitrogen and oxygen atoms in total. The number of halogens is 1. The number of carbonyl (C=O) groups excluding carboxylic acids is 1. The summed E-state index contributed by atoms with van der Waals surface area (Å²) in [7, 11) is -3.75. The van der Waals surface area contributed by atoms with E-state index < -0.39 is 10.0 Å². The normalized spacial score (nSPS) is 11.7. The van der Waals surface area contributed by atoms with E-state index in [-0.39, 0.29) is 10.8 Å². The molecule has 0 aromatic heterocycles. The quantitative estimate of drug-likeness (QED) is 0.454. The molecule has 0 atom stereocenters. The summed E-state index contributed by atoms with van der Waals surface area (Å²) in [5.41, 5.74) is 2.14. The number of anilines is 1. The summed E-state index contributed by atoms with van der Waals surface area (Å²) in [6, 6.07) is 21.5. The van der Waals surface area contributed by atoms with E-state index in [4.69, 9.17) is 11.6 Å². The van der Waals surface area contributed by atoms with Crippen molar-refractivity contribution < 1.29 is 13.2 Å². The van der Waals surface area contributed by atoms with Crippen LogP contribution in [0.25, 0.3) is 0 Å². The Balaban J connectivity index is 1.73. The largest absolute Gasteiger partial charge is 0.322 e. The van der Waals surface area contributed by atoms with Gasteiger partial charge in [-0.05, 0) is 61.0 Å². The second kappa shape index (κ2) is 8.89. The third-order valence-corrected chi connectivity index (χ3v) is 5.51. The summed E-state index contributed by atoms with van der Waals surface area (Å²) >= 11 is 5.84. The molecular weight excluding hydrogens is 410 g/mol. The van der Waals surface area contributed by atoms with Gasteiger partial charge in [0.05, 0.1) is 10.6 Å². The zero-order valence-electron chi connectivity index (χ0n) is 15.5. The molecule has 29 heavy (non-hydrogen) atoms. The number of rotatable bonds is 6. The second-order valence-corrected chi connectivity index (χ2v) is 8.24. The Hall–Kier alpha value is -3.16. The van der Waals surface area contributed by atoms with Gasteiger partial charge in [-0.3, -0.25) is 4.79 Å². The van der Waals surface area contributed by atoms with Gasteiger partial charge >= 0.3 is 0 Å². The highest BCUT2D eigenvalue weighted by Crippen LogP contribution is 2.15. The van der Waals surface area contributed by atoms with Crippen molar-refractivity contribution in [3.05, 3.63) is 95.0 Å². The molecule has 0 heterocycles. The molecule has 0 spiro atoms. The number of carbonyl (C=O) groups is 1. The summed E-state index contributed by atoms with van der Waals surface area (Å²) in [5.74, 6) is -0.279. The molecule has 1 amide bonds. The lowest BCUT2D eigenvalue weighted by molar-refractivity contribution is 0.102. The van der Waals surface area contributed by atoms with E-state index >= 15 is 0 Å². The summed E-state index contributed by atoms with van der Waals surface area (Å²) in [6.45, 7) is 1.67. The second-order valence-electron chi connectivity index (χ2n) is 6.15. The summed E-state index contributed by atoms with van der Waals surface area (Å²) < 4.78 is 24.6. The molecule has 3 rings (SSSR count). The van der Waals surface area contributed by atoms with Gasteiger partial charge in [0.15, 0.2) is 0 Å². The smallest absolute Gasteiger partial charge is 0.276 e. The van der Waals surface area contributed by atoms with Crippen LogP contribution >= 0.6 is 11.6 Å². The predicted molar refractivity (Wildman–Crippen MR) is 115 cm³/mol. The first-order chi connectivity index (χ1) is 13.8. The average molecular weight is 428 g/mol. The Morgan fingerprint density at radius 1 is 0.897 bits per heavy atom. The van der Waals surface area contributed by atoms with Gasteiger partial charge < -0.3 is 5.32 Å². The van der Waals surface area contributed by atoms with Gasteiger partial charge in [0, 0.05) is 16.3 Å². The minimum Gasteiger partial charge on any atom is -0.322 e. The van der Waals surface area contributed by atoms with Crippen LogP contribution in [0, 0.1) is 0 Å². The summed E-state index contributed by atoms with van der Waals surface area (Å²) in [6.07, 6.45) is 0. The van der Waals surface area contributed by atoms with Crippen molar-refractivity contribution >= 4 is 38.9 Å². The van der Waals surface area contributed by atoms with Gasteiger partial charge in [-0.2, -0.15) is 18.4 Å². The fraction of sp³-hybridized carbons (Fsp3) is 0.0476. The molecule has 8 heteroatoms. The highest BCUT2D eigenvalue weighted by Gasteiger charge is 2.12. The third kappa shape index (κ3) is 5.43. The van der Waals surface area contributed by atoms with Crippen LogP contribution in [-0.4, -0.2) is 20.0 Å². The van der Waals surface area contributed by atoms with E-state index in [1.165, 1.54) is 12.1 Å². The Bertz CT molecular complexity index is 1150. The van der Waals surface area contributed by atoms with Gasteiger partial charge in [0.1, 0.15) is 0 Å². The van der Waals surface area contributed by atoms with E-state index in [1.54, 1.807) is 73.7 Å². The lowest BCUT2D eigenvalue weighted by Crippen LogP contribution is -2.20. The molecule has 0 saturated carbocycles. The van der Waals surface area contributed by atoms with Crippen LogP contribution in [0.4, 0.5) is 5.69 Å². The van der Waals surface area contributed by atoms with E-state index in [0.717, 1.165) is 0 Å². The number of sulfonamides is 1. The molecule has 0 fully saturated rings. The summed E-state index contributed by atoms with van der Waals surface area (Å²) in [4.78, 5) is 14.7. The van der Waals surface area contributed by atoms with Gasteiger partial charge in [-0.25, -0.2) is 0 Å². The van der Waals surface area contributed by atoms with Crippen LogP contribution < -0.4 is 10.1 Å². The average Bonchev–Trinajstić information content (AvgIpc) is 2.73. The van der Waals surface area contributed by atoms with Crippen molar-refractivity contribution in [2.24, 2.45) is 5.10 Å². The molecule has 0 aliphatic heterocycles. The summed E-state index contributed by atoms with van der Waals surface area (Å²) in [5, 5.41) is 7.33. The van der Waals surface area contributed by atoms with Crippen LogP contribution in [0.1, 0.15) is 22.8 Å². The number of nitrogens with one attached hydrogen (secondary N) is 2. The molecule has 0 bridgehead atoms. The first-order valence-electron chi connectivity index (χ1n) is 8.64. The van der Waals surface area contributed by atoms with Crippen molar-refractivity contribution in [2.75, 3.05) is 5.32 Å². The molecule has 3 aromatic carbocycles. The Morgan fingerprint density at radius 2 is 1.59 bits per heavy atom. The predicted octanol–water partition coefficient (Wildman–Crippen LogP) is 4.29. The molecule has 148 valence electrons. The molecular formula is C21H18ClN3O3S. The van der Waals surface area contributed by atoms with Gasteiger partial charge in [-0.15, -0.1) is 0 Å². The van der Waals surface area contributed by atoms with Crippen molar-refractivity contribution in [1.29, 1.82) is 0 Å². The van der Waals surface area contributed by atoms with Gasteiger partial charge in [0.25, 0.3) is 15.9 Å². The van der Waals surface area contributed by atoms with E-state index in [2.05, 4.69) is 15.2 Å². The fourth-order valence-corrected chi connectivity index (χ4v) is 3.48. The molecule has 2 N–H and O–H groups in total. The molecule has 0 radical (unpaired) electrons. The SMILES string of the molecule is CC(=NNS(=O)(=O)c1ccccc1)c1cccc(NC(=O)c2ccc(Cl)cc2)c1. The van der Waals surface area contributed by atoms with Crippen LogP contribution in [0.5, 0.6) is 0 Å². The first-order valence-corrected chi connectivity index (χ1v) is 10.5. The minimum absolute atomic E-state index is 0.125. The number of nitrogens with zero attached hydrogens (tertiary/aromatic N) is 1. The topological polar surface area (TPSA) is 87.6 Å². The zero-order chi connectivity index (χ0) is 20.9. The monoisotopic (exact) mass is 427 g/mol. The number of hydrazone groups is 1. The third-order valence-electron chi connectivity index (χ3n) is 4.03. The Kier molecular flexibility index (Phi) is 6.31. The fourth-order valence-electron chi connectivity index (χ4n) is 2.47. The van der Waals surface area contributed by atoms with E-state index in [9.17, 15) is 13.2 Å². The van der Waals surface area contributed by atoms with Gasteiger partial charge in [0.2, 0.25) is 0 Å². The Labute approximate surface area is 174 Å². The lowest BCUT2D eigenvalue weighted by Gasteiger charge is -2.08. The van der Waals surface area contributed by atoms with Crippen LogP contribution in [0.15, 0.2) is 88.9 Å². The van der Waals surface area contributed by atoms with Crippen molar-refractivity contribution in [1.82, 2.24) is 4.83 Å². The van der Waals surface area contributed by atoms with Crippen molar-refractivity contribution in [3.63, 3.8) is 0 Å². The maximum absolute atomic E-state index is 12.3. The van der Waals surface area contributed by atoms with Crippen LogP contribution in [0.3, 0.4) is 0 Å².